The van der Waals surface area contributed by atoms with Gasteiger partial charge >= 0.3 is 0 Å². The molecule has 0 saturated heterocycles. The van der Waals surface area contributed by atoms with Crippen molar-refractivity contribution in [3.8, 4) is 0 Å². The van der Waals surface area contributed by atoms with E-state index < -0.39 is 0 Å². The van der Waals surface area contributed by atoms with E-state index in [1.54, 1.807) is 12.3 Å². The molecule has 0 aliphatic heterocycles. The maximum atomic E-state index is 8.98. The second kappa shape index (κ2) is 4.71. The topological polar surface area (TPSA) is 58.9 Å². The van der Waals surface area contributed by atoms with Crippen LogP contribution < -0.4 is 5.55 Å². The second-order valence-corrected chi connectivity index (χ2v) is 5.15. The molecular weight excluding hydrogens is 254 g/mol. The summed E-state index contributed by atoms with van der Waals surface area (Å²) >= 11 is 0. The molecule has 0 bridgehead atoms. The van der Waals surface area contributed by atoms with Crippen molar-refractivity contribution < 1.29 is 14.0 Å². The average Bonchev–Trinajstić information content (AvgIpc) is 2.81. The molecule has 3 rings (SSSR count). The summed E-state index contributed by atoms with van der Waals surface area (Å²) in [5.41, 5.74) is 5.08. The molecule has 1 N–H and O–H groups in total. The molecular formula is C16H17NO3. The summed E-state index contributed by atoms with van der Waals surface area (Å²) in [4.78, 5) is 0. The average molecular weight is 271 g/mol. The molecule has 0 atom stereocenters. The first-order valence-electron chi connectivity index (χ1n) is 6.78. The van der Waals surface area contributed by atoms with E-state index in [4.69, 9.17) is 14.0 Å². The summed E-state index contributed by atoms with van der Waals surface area (Å²) in [6.45, 7) is 6.19. The second-order valence-electron chi connectivity index (χ2n) is 5.15. The Morgan fingerprint density at radius 1 is 1.15 bits per heavy atom. The normalized spacial score (nSPS) is 12.7. The molecule has 0 fully saturated rings. The predicted molar refractivity (Wildman–Crippen MR) is 76.8 cm³/mol. The highest BCUT2D eigenvalue weighted by Crippen LogP contribution is 2.33. The van der Waals surface area contributed by atoms with E-state index in [2.05, 4.69) is 12.1 Å². The van der Waals surface area contributed by atoms with Gasteiger partial charge in [0.2, 0.25) is 0 Å². The van der Waals surface area contributed by atoms with E-state index in [0.717, 1.165) is 45.9 Å². The Bertz CT molecular complexity index is 855. The Morgan fingerprint density at radius 3 is 2.65 bits per heavy atom. The fourth-order valence-corrected chi connectivity index (χ4v) is 2.83. The van der Waals surface area contributed by atoms with Crippen LogP contribution in [0.4, 0.5) is 0 Å². The van der Waals surface area contributed by atoms with Crippen molar-refractivity contribution >= 4 is 21.9 Å². The predicted octanol–water partition coefficient (Wildman–Crippen LogP) is 4.04. The lowest BCUT2D eigenvalue weighted by Gasteiger charge is -2.07. The van der Waals surface area contributed by atoms with Crippen LogP contribution in [0.15, 0.2) is 32.4 Å². The van der Waals surface area contributed by atoms with Crippen LogP contribution in [-0.2, 0) is 6.42 Å². The molecule has 4 heteroatoms. The SMILES string of the molecule is CCCc1c/c(=N\O)oc2cc(C)c3c(C)coc3c12. The third-order valence-electron chi connectivity index (χ3n) is 3.64. The summed E-state index contributed by atoms with van der Waals surface area (Å²) in [5, 5.41) is 14.3. The van der Waals surface area contributed by atoms with Gasteiger partial charge in [0, 0.05) is 11.5 Å². The van der Waals surface area contributed by atoms with Crippen LogP contribution in [0.3, 0.4) is 0 Å². The molecule has 0 spiro atoms. The molecule has 3 aromatic rings. The van der Waals surface area contributed by atoms with Crippen LogP contribution in [0.1, 0.15) is 30.0 Å². The number of hydrogen-bond donors (Lipinski definition) is 1. The van der Waals surface area contributed by atoms with Gasteiger partial charge in [-0.15, -0.1) is 0 Å². The van der Waals surface area contributed by atoms with E-state index in [1.165, 1.54) is 0 Å². The standard InChI is InChI=1S/C16H17NO3/c1-4-5-11-7-13(17-18)20-12-6-9(2)14-10(3)8-19-16(14)15(11)12/h6-8,18H,4-5H2,1-3H3/b17-13+. The fourth-order valence-electron chi connectivity index (χ4n) is 2.83. The van der Waals surface area contributed by atoms with Crippen molar-refractivity contribution in [3.05, 3.63) is 40.6 Å². The number of hydrogen-bond acceptors (Lipinski definition) is 4. The summed E-state index contributed by atoms with van der Waals surface area (Å²) in [5.74, 6) is 0. The Hall–Kier alpha value is -2.23. The number of nitrogens with zero attached hydrogens (tertiary/aromatic N) is 1. The Balaban J connectivity index is 2.54. The summed E-state index contributed by atoms with van der Waals surface area (Å²) < 4.78 is 11.4. The van der Waals surface area contributed by atoms with Crippen LogP contribution >= 0.6 is 0 Å². The van der Waals surface area contributed by atoms with E-state index in [9.17, 15) is 0 Å². The molecule has 2 aromatic heterocycles. The van der Waals surface area contributed by atoms with Gasteiger partial charge in [-0.2, -0.15) is 0 Å². The highest BCUT2D eigenvalue weighted by Gasteiger charge is 2.15. The minimum Gasteiger partial charge on any atom is -0.463 e. The summed E-state index contributed by atoms with van der Waals surface area (Å²) in [7, 11) is 0. The minimum atomic E-state index is 0.225. The third kappa shape index (κ3) is 1.80. The zero-order valence-corrected chi connectivity index (χ0v) is 11.9. The zero-order valence-electron chi connectivity index (χ0n) is 11.9. The lowest BCUT2D eigenvalue weighted by molar-refractivity contribution is 0.276. The molecule has 2 heterocycles. The Morgan fingerprint density at radius 2 is 1.95 bits per heavy atom. The summed E-state index contributed by atoms with van der Waals surface area (Å²) in [6.07, 6.45) is 3.66. The van der Waals surface area contributed by atoms with Crippen LogP contribution in [0.2, 0.25) is 0 Å². The van der Waals surface area contributed by atoms with Gasteiger partial charge in [0.1, 0.15) is 11.2 Å². The van der Waals surface area contributed by atoms with E-state index in [1.807, 2.05) is 19.9 Å². The maximum Gasteiger partial charge on any atom is 0.255 e. The van der Waals surface area contributed by atoms with Crippen molar-refractivity contribution in [1.82, 2.24) is 0 Å². The lowest BCUT2D eigenvalue weighted by Crippen LogP contribution is -2.03. The van der Waals surface area contributed by atoms with Gasteiger partial charge in [0.25, 0.3) is 5.55 Å². The van der Waals surface area contributed by atoms with Crippen LogP contribution in [-0.4, -0.2) is 5.21 Å². The van der Waals surface area contributed by atoms with Gasteiger partial charge in [-0.1, -0.05) is 13.3 Å². The lowest BCUT2D eigenvalue weighted by atomic mass is 10.00. The van der Waals surface area contributed by atoms with Crippen LogP contribution in [0.25, 0.3) is 21.9 Å². The molecule has 0 unspecified atom stereocenters. The first kappa shape index (κ1) is 12.8. The Kier molecular flexibility index (Phi) is 3.01. The van der Waals surface area contributed by atoms with Gasteiger partial charge in [0.05, 0.1) is 11.6 Å². The highest BCUT2D eigenvalue weighted by atomic mass is 16.5. The van der Waals surface area contributed by atoms with E-state index in [0.29, 0.717) is 5.58 Å². The van der Waals surface area contributed by atoms with Gasteiger partial charge in [-0.25, -0.2) is 0 Å². The first-order valence-corrected chi connectivity index (χ1v) is 6.78. The largest absolute Gasteiger partial charge is 0.463 e. The van der Waals surface area contributed by atoms with Gasteiger partial charge in [0.15, 0.2) is 0 Å². The smallest absolute Gasteiger partial charge is 0.255 e. The van der Waals surface area contributed by atoms with Crippen molar-refractivity contribution in [3.63, 3.8) is 0 Å². The fraction of sp³-hybridized carbons (Fsp3) is 0.312. The van der Waals surface area contributed by atoms with Crippen LogP contribution in [0, 0.1) is 13.8 Å². The van der Waals surface area contributed by atoms with Crippen molar-refractivity contribution in [1.29, 1.82) is 0 Å². The zero-order chi connectivity index (χ0) is 14.3. The monoisotopic (exact) mass is 271 g/mol. The van der Waals surface area contributed by atoms with Crippen molar-refractivity contribution in [2.45, 2.75) is 33.6 Å². The number of benzene rings is 1. The van der Waals surface area contributed by atoms with E-state index in [-0.39, 0.29) is 5.55 Å². The minimum absolute atomic E-state index is 0.225. The number of fused-ring (bicyclic) bond motifs is 3. The number of aryl methyl sites for hydroxylation is 3. The number of rotatable bonds is 2. The molecule has 0 radical (unpaired) electrons. The van der Waals surface area contributed by atoms with Gasteiger partial charge in [-0.05, 0) is 48.2 Å². The molecule has 0 amide bonds. The van der Waals surface area contributed by atoms with Crippen molar-refractivity contribution in [2.75, 3.05) is 0 Å². The molecule has 0 aliphatic carbocycles. The molecule has 20 heavy (non-hydrogen) atoms. The highest BCUT2D eigenvalue weighted by molar-refractivity contribution is 6.06. The van der Waals surface area contributed by atoms with Crippen molar-refractivity contribution in [2.24, 2.45) is 5.16 Å². The van der Waals surface area contributed by atoms with Gasteiger partial charge in [-0.3, -0.25) is 0 Å². The molecule has 1 aromatic carbocycles. The maximum absolute atomic E-state index is 8.98. The molecule has 0 aliphatic rings. The summed E-state index contributed by atoms with van der Waals surface area (Å²) in [6, 6.07) is 3.76. The third-order valence-corrected chi connectivity index (χ3v) is 3.64. The molecule has 104 valence electrons. The number of furan rings is 1. The molecule has 0 saturated carbocycles. The first-order chi connectivity index (χ1) is 9.65. The van der Waals surface area contributed by atoms with Gasteiger partial charge < -0.3 is 14.0 Å². The quantitative estimate of drug-likeness (QED) is 0.565. The Labute approximate surface area is 116 Å². The van der Waals surface area contributed by atoms with Crippen LogP contribution in [0.5, 0.6) is 0 Å². The van der Waals surface area contributed by atoms with E-state index >= 15 is 0 Å². The molecule has 4 nitrogen and oxygen atoms in total.